The fourth-order valence-corrected chi connectivity index (χ4v) is 1.72. The normalized spacial score (nSPS) is 10.7. The largest absolute Gasteiger partial charge is 0.478 e. The first-order valence-corrected chi connectivity index (χ1v) is 6.10. The maximum absolute atomic E-state index is 10.8. The lowest BCUT2D eigenvalue weighted by molar-refractivity contribution is 0.0697. The zero-order valence-electron chi connectivity index (χ0n) is 10.5. The van der Waals surface area contributed by atoms with Crippen molar-refractivity contribution in [2.45, 2.75) is 19.9 Å². The van der Waals surface area contributed by atoms with Crippen LogP contribution in [0.3, 0.4) is 0 Å². The molecule has 2 aromatic rings. The van der Waals surface area contributed by atoms with Gasteiger partial charge in [0, 0.05) is 6.04 Å². The minimum atomic E-state index is -1.03. The Bertz CT molecular complexity index is 608. The third-order valence-corrected chi connectivity index (χ3v) is 2.81. The number of hydrogen-bond acceptors (Lipinski definition) is 3. The fourth-order valence-electron chi connectivity index (χ4n) is 1.50. The molecule has 100 valence electrons. The number of nitrogens with zero attached hydrogens (tertiary/aromatic N) is 2. The van der Waals surface area contributed by atoms with Crippen molar-refractivity contribution in [3.05, 3.63) is 41.2 Å². The van der Waals surface area contributed by atoms with Gasteiger partial charge in [-0.05, 0) is 32.0 Å². The summed E-state index contributed by atoms with van der Waals surface area (Å²) in [4.78, 5) is 10.8. The first-order chi connectivity index (χ1) is 8.97. The molecule has 0 aliphatic rings. The predicted molar refractivity (Wildman–Crippen MR) is 71.1 cm³/mol. The first kappa shape index (κ1) is 13.4. The number of aromatic carboxylic acids is 1. The summed E-state index contributed by atoms with van der Waals surface area (Å²) >= 11 is 5.98. The van der Waals surface area contributed by atoms with Crippen LogP contribution in [-0.4, -0.2) is 20.9 Å². The molecular formula is C13H13ClN2O3. The lowest BCUT2D eigenvalue weighted by atomic mass is 10.2. The van der Waals surface area contributed by atoms with Crippen LogP contribution in [0.1, 0.15) is 30.2 Å². The molecule has 0 atom stereocenters. The molecule has 0 amide bonds. The average Bonchev–Trinajstić information content (AvgIpc) is 2.80. The Morgan fingerprint density at radius 1 is 1.47 bits per heavy atom. The van der Waals surface area contributed by atoms with Crippen molar-refractivity contribution >= 4 is 17.6 Å². The molecule has 0 saturated heterocycles. The highest BCUT2D eigenvalue weighted by Crippen LogP contribution is 2.30. The van der Waals surface area contributed by atoms with Crippen LogP contribution < -0.4 is 4.74 Å². The molecule has 0 fully saturated rings. The van der Waals surface area contributed by atoms with Gasteiger partial charge in [0.2, 0.25) is 0 Å². The molecule has 1 aromatic heterocycles. The van der Waals surface area contributed by atoms with E-state index in [1.807, 2.05) is 13.8 Å². The lowest BCUT2D eigenvalue weighted by Crippen LogP contribution is -1.99. The van der Waals surface area contributed by atoms with Crippen molar-refractivity contribution in [1.82, 2.24) is 9.78 Å². The highest BCUT2D eigenvalue weighted by molar-refractivity contribution is 6.32. The fraction of sp³-hybridized carbons (Fsp3) is 0.231. The summed E-state index contributed by atoms with van der Waals surface area (Å²) in [5.74, 6) is -0.0743. The molecule has 5 nitrogen and oxygen atoms in total. The van der Waals surface area contributed by atoms with Crippen LogP contribution in [0.25, 0.3) is 0 Å². The van der Waals surface area contributed by atoms with Crippen molar-refractivity contribution in [3.8, 4) is 11.5 Å². The Morgan fingerprint density at radius 2 is 2.21 bits per heavy atom. The number of benzene rings is 1. The zero-order chi connectivity index (χ0) is 14.0. The Morgan fingerprint density at radius 3 is 2.74 bits per heavy atom. The molecule has 2 rings (SSSR count). The predicted octanol–water partition coefficient (Wildman–Crippen LogP) is 3.61. The topological polar surface area (TPSA) is 64.3 Å². The average molecular weight is 281 g/mol. The lowest BCUT2D eigenvalue weighted by Gasteiger charge is -2.06. The Hall–Kier alpha value is -2.01. The van der Waals surface area contributed by atoms with Crippen molar-refractivity contribution in [2.75, 3.05) is 0 Å². The second-order valence-corrected chi connectivity index (χ2v) is 4.71. The molecule has 0 aliphatic carbocycles. The van der Waals surface area contributed by atoms with Gasteiger partial charge in [-0.1, -0.05) is 11.6 Å². The van der Waals surface area contributed by atoms with E-state index in [2.05, 4.69) is 5.10 Å². The second kappa shape index (κ2) is 5.32. The van der Waals surface area contributed by atoms with E-state index in [0.29, 0.717) is 11.5 Å². The zero-order valence-corrected chi connectivity index (χ0v) is 11.3. The maximum Gasteiger partial charge on any atom is 0.335 e. The molecule has 0 radical (unpaired) electrons. The molecule has 0 spiro atoms. The highest BCUT2D eigenvalue weighted by atomic mass is 35.5. The summed E-state index contributed by atoms with van der Waals surface area (Å²) in [5, 5.41) is 13.2. The summed E-state index contributed by atoms with van der Waals surface area (Å²) in [6.45, 7) is 4.01. The number of ether oxygens (including phenoxy) is 1. The van der Waals surface area contributed by atoms with E-state index in [1.54, 1.807) is 17.1 Å². The van der Waals surface area contributed by atoms with Crippen molar-refractivity contribution in [1.29, 1.82) is 0 Å². The minimum Gasteiger partial charge on any atom is -0.478 e. The van der Waals surface area contributed by atoms with E-state index in [4.69, 9.17) is 21.4 Å². The quantitative estimate of drug-likeness (QED) is 0.929. The Balaban J connectivity index is 2.20. The maximum atomic E-state index is 10.8. The van der Waals surface area contributed by atoms with Crippen LogP contribution in [0.15, 0.2) is 30.6 Å². The number of carboxylic acids is 1. The molecule has 0 aliphatic heterocycles. The van der Waals surface area contributed by atoms with Gasteiger partial charge in [0.25, 0.3) is 0 Å². The molecule has 0 unspecified atom stereocenters. The molecule has 19 heavy (non-hydrogen) atoms. The third kappa shape index (κ3) is 3.06. The summed E-state index contributed by atoms with van der Waals surface area (Å²) in [7, 11) is 0. The number of halogens is 1. The molecule has 1 heterocycles. The van der Waals surface area contributed by atoms with Gasteiger partial charge in [0.15, 0.2) is 5.75 Å². The van der Waals surface area contributed by atoms with Gasteiger partial charge in [-0.25, -0.2) is 4.79 Å². The molecule has 1 N–H and O–H groups in total. The summed E-state index contributed by atoms with van der Waals surface area (Å²) in [6.07, 6.45) is 3.34. The molecule has 1 aromatic carbocycles. The van der Waals surface area contributed by atoms with E-state index in [1.165, 1.54) is 18.2 Å². The van der Waals surface area contributed by atoms with Crippen LogP contribution in [0.5, 0.6) is 11.5 Å². The van der Waals surface area contributed by atoms with E-state index >= 15 is 0 Å². The standard InChI is InChI=1S/C13H13ClN2O3/c1-8(2)16-7-10(6-15-16)19-12-4-3-9(13(17)18)5-11(12)14/h3-8H,1-2H3,(H,17,18). The third-order valence-electron chi connectivity index (χ3n) is 2.51. The number of carboxylic acid groups (broad SMARTS) is 1. The monoisotopic (exact) mass is 280 g/mol. The van der Waals surface area contributed by atoms with Crippen LogP contribution in [0.2, 0.25) is 5.02 Å². The van der Waals surface area contributed by atoms with Gasteiger partial charge in [-0.15, -0.1) is 0 Å². The Kier molecular flexibility index (Phi) is 3.76. The van der Waals surface area contributed by atoms with Gasteiger partial charge < -0.3 is 9.84 Å². The van der Waals surface area contributed by atoms with E-state index in [-0.39, 0.29) is 16.6 Å². The van der Waals surface area contributed by atoms with E-state index in [9.17, 15) is 4.79 Å². The smallest absolute Gasteiger partial charge is 0.335 e. The van der Waals surface area contributed by atoms with E-state index < -0.39 is 5.97 Å². The highest BCUT2D eigenvalue weighted by Gasteiger charge is 2.10. The Labute approximate surface area is 115 Å². The minimum absolute atomic E-state index is 0.121. The van der Waals surface area contributed by atoms with E-state index in [0.717, 1.165) is 0 Å². The van der Waals surface area contributed by atoms with Gasteiger partial charge in [-0.3, -0.25) is 4.68 Å². The molecule has 0 saturated carbocycles. The number of carbonyl (C=O) groups is 1. The van der Waals surface area contributed by atoms with Gasteiger partial charge in [-0.2, -0.15) is 5.10 Å². The van der Waals surface area contributed by atoms with Crippen molar-refractivity contribution in [3.63, 3.8) is 0 Å². The second-order valence-electron chi connectivity index (χ2n) is 4.30. The van der Waals surface area contributed by atoms with Crippen molar-refractivity contribution in [2.24, 2.45) is 0 Å². The van der Waals surface area contributed by atoms with Crippen LogP contribution >= 0.6 is 11.6 Å². The number of aromatic nitrogens is 2. The van der Waals surface area contributed by atoms with Gasteiger partial charge in [0.05, 0.1) is 23.0 Å². The summed E-state index contributed by atoms with van der Waals surface area (Å²) < 4.78 is 7.33. The van der Waals surface area contributed by atoms with Crippen LogP contribution in [-0.2, 0) is 0 Å². The van der Waals surface area contributed by atoms with Gasteiger partial charge >= 0.3 is 5.97 Å². The molecular weight excluding hydrogens is 268 g/mol. The number of rotatable bonds is 4. The molecule has 0 bridgehead atoms. The van der Waals surface area contributed by atoms with Crippen LogP contribution in [0.4, 0.5) is 0 Å². The SMILES string of the molecule is CC(C)n1cc(Oc2ccc(C(=O)O)cc2Cl)cn1. The number of hydrogen-bond donors (Lipinski definition) is 1. The van der Waals surface area contributed by atoms with Crippen LogP contribution in [0, 0.1) is 0 Å². The molecule has 6 heteroatoms. The first-order valence-electron chi connectivity index (χ1n) is 5.72. The van der Waals surface area contributed by atoms with Gasteiger partial charge in [0.1, 0.15) is 5.75 Å². The summed E-state index contributed by atoms with van der Waals surface area (Å²) in [6, 6.07) is 4.56. The van der Waals surface area contributed by atoms with Crippen molar-refractivity contribution < 1.29 is 14.6 Å². The summed E-state index contributed by atoms with van der Waals surface area (Å²) in [5.41, 5.74) is 0.121.